The molecule has 0 saturated carbocycles. The van der Waals surface area contributed by atoms with E-state index in [1.165, 1.54) is 11.6 Å². The van der Waals surface area contributed by atoms with E-state index in [2.05, 4.69) is 5.32 Å². The monoisotopic (exact) mass is 336 g/mol. The van der Waals surface area contributed by atoms with Crippen LogP contribution in [0.3, 0.4) is 0 Å². The van der Waals surface area contributed by atoms with Gasteiger partial charge in [0.25, 0.3) is 11.8 Å². The molecule has 1 N–H and O–H groups in total. The number of para-hydroxylation sites is 2. The topological polar surface area (TPSA) is 58.6 Å². The summed E-state index contributed by atoms with van der Waals surface area (Å²) in [6.07, 6.45) is 2.57. The summed E-state index contributed by atoms with van der Waals surface area (Å²) in [7, 11) is 1.55. The predicted octanol–water partition coefficient (Wildman–Crippen LogP) is 2.55. The van der Waals surface area contributed by atoms with Gasteiger partial charge in [-0.1, -0.05) is 42.0 Å². The number of likely N-dealkylation sites (N-methyl/N-ethyl adjacent to an activating group) is 1. The summed E-state index contributed by atoms with van der Waals surface area (Å²) in [5, 5.41) is 2.57. The van der Waals surface area contributed by atoms with Gasteiger partial charge >= 0.3 is 0 Å². The molecule has 1 aliphatic heterocycles. The predicted molar refractivity (Wildman–Crippen MR) is 97.5 cm³/mol. The van der Waals surface area contributed by atoms with Crippen LogP contribution in [0.15, 0.2) is 54.6 Å². The van der Waals surface area contributed by atoms with Crippen LogP contribution in [-0.4, -0.2) is 31.5 Å². The molecular formula is C20H20N2O3. The zero-order valence-electron chi connectivity index (χ0n) is 14.2. The highest BCUT2D eigenvalue weighted by molar-refractivity contribution is 6.05. The van der Waals surface area contributed by atoms with Crippen molar-refractivity contribution < 1.29 is 14.3 Å². The number of amides is 2. The first-order chi connectivity index (χ1) is 12.1. The van der Waals surface area contributed by atoms with Crippen LogP contribution < -0.4 is 15.0 Å². The van der Waals surface area contributed by atoms with Gasteiger partial charge in [0.15, 0.2) is 6.10 Å². The molecule has 2 aromatic rings. The Bertz CT molecular complexity index is 812. The lowest BCUT2D eigenvalue weighted by Crippen LogP contribution is -2.49. The van der Waals surface area contributed by atoms with Gasteiger partial charge in [0.05, 0.1) is 12.2 Å². The van der Waals surface area contributed by atoms with Crippen LogP contribution in [0.1, 0.15) is 11.1 Å². The Labute approximate surface area is 146 Å². The van der Waals surface area contributed by atoms with Crippen molar-refractivity contribution in [2.75, 3.05) is 18.5 Å². The van der Waals surface area contributed by atoms with Gasteiger partial charge in [0, 0.05) is 13.1 Å². The Kier molecular flexibility index (Phi) is 4.84. The van der Waals surface area contributed by atoms with Gasteiger partial charge in [-0.3, -0.25) is 9.59 Å². The van der Waals surface area contributed by atoms with Gasteiger partial charge < -0.3 is 15.0 Å². The molecule has 0 saturated heterocycles. The molecule has 0 bridgehead atoms. The van der Waals surface area contributed by atoms with Crippen molar-refractivity contribution in [3.8, 4) is 5.75 Å². The molecule has 0 radical (unpaired) electrons. The van der Waals surface area contributed by atoms with Gasteiger partial charge in [-0.05, 0) is 30.7 Å². The van der Waals surface area contributed by atoms with Crippen LogP contribution in [0.5, 0.6) is 5.75 Å². The molecule has 1 heterocycles. The number of fused-ring (bicyclic) bond motifs is 1. The van der Waals surface area contributed by atoms with Crippen molar-refractivity contribution in [1.82, 2.24) is 5.32 Å². The number of aryl methyl sites for hydroxylation is 1. The molecule has 1 aliphatic rings. The number of nitrogens with one attached hydrogen (secondary N) is 1. The summed E-state index contributed by atoms with van der Waals surface area (Å²) in [6, 6.07) is 15.1. The van der Waals surface area contributed by atoms with Crippen LogP contribution in [0.25, 0.3) is 6.08 Å². The Morgan fingerprint density at radius 1 is 1.16 bits per heavy atom. The van der Waals surface area contributed by atoms with E-state index in [0.29, 0.717) is 11.4 Å². The van der Waals surface area contributed by atoms with Crippen molar-refractivity contribution in [1.29, 1.82) is 0 Å². The standard InChI is InChI=1S/C20H20N2O3/c1-14-7-9-15(10-8-14)11-12-19(23)22-13-18(20(24)21-2)25-17-6-4-3-5-16(17)22/h3-12,18H,13H2,1-2H3,(H,21,24)/b12-11+/t18-/m0/s1. The van der Waals surface area contributed by atoms with Crippen molar-refractivity contribution in [3.05, 3.63) is 65.7 Å². The third-order valence-corrected chi connectivity index (χ3v) is 4.07. The second-order valence-electron chi connectivity index (χ2n) is 5.88. The third kappa shape index (κ3) is 3.71. The summed E-state index contributed by atoms with van der Waals surface area (Å²) in [6.45, 7) is 2.19. The van der Waals surface area contributed by atoms with Crippen molar-refractivity contribution >= 4 is 23.6 Å². The number of carbonyl (C=O) groups is 2. The summed E-state index contributed by atoms with van der Waals surface area (Å²) in [5.41, 5.74) is 2.78. The number of nitrogens with zero attached hydrogens (tertiary/aromatic N) is 1. The highest BCUT2D eigenvalue weighted by atomic mass is 16.5. The maximum Gasteiger partial charge on any atom is 0.262 e. The van der Waals surface area contributed by atoms with Crippen molar-refractivity contribution in [3.63, 3.8) is 0 Å². The number of carbonyl (C=O) groups excluding carboxylic acids is 2. The number of hydrogen-bond donors (Lipinski definition) is 1. The minimum absolute atomic E-state index is 0.174. The Morgan fingerprint density at radius 2 is 1.88 bits per heavy atom. The van der Waals surface area contributed by atoms with E-state index in [1.807, 2.05) is 49.4 Å². The number of rotatable bonds is 3. The van der Waals surface area contributed by atoms with Crippen LogP contribution in [0.4, 0.5) is 5.69 Å². The van der Waals surface area contributed by atoms with Crippen LogP contribution in [0, 0.1) is 6.92 Å². The fraction of sp³-hybridized carbons (Fsp3) is 0.200. The smallest absolute Gasteiger partial charge is 0.262 e. The average Bonchev–Trinajstić information content (AvgIpc) is 2.65. The van der Waals surface area contributed by atoms with Gasteiger partial charge in [0.1, 0.15) is 5.75 Å². The van der Waals surface area contributed by atoms with E-state index >= 15 is 0 Å². The molecule has 25 heavy (non-hydrogen) atoms. The molecule has 0 fully saturated rings. The molecule has 5 nitrogen and oxygen atoms in total. The Hall–Kier alpha value is -3.08. The normalized spacial score (nSPS) is 16.2. The zero-order chi connectivity index (χ0) is 17.8. The van der Waals surface area contributed by atoms with Gasteiger partial charge in [0.2, 0.25) is 0 Å². The highest BCUT2D eigenvalue weighted by Gasteiger charge is 2.32. The maximum absolute atomic E-state index is 12.7. The van der Waals surface area contributed by atoms with Crippen LogP contribution in [-0.2, 0) is 9.59 Å². The zero-order valence-corrected chi connectivity index (χ0v) is 14.2. The molecule has 0 aliphatic carbocycles. The molecule has 0 unspecified atom stereocenters. The lowest BCUT2D eigenvalue weighted by Gasteiger charge is -2.33. The van der Waals surface area contributed by atoms with E-state index < -0.39 is 6.10 Å². The molecule has 5 heteroatoms. The first kappa shape index (κ1) is 16.8. The highest BCUT2D eigenvalue weighted by Crippen LogP contribution is 2.33. The molecule has 3 rings (SSSR count). The number of hydrogen-bond acceptors (Lipinski definition) is 3. The fourth-order valence-electron chi connectivity index (χ4n) is 2.68. The van der Waals surface area contributed by atoms with E-state index in [4.69, 9.17) is 4.74 Å². The van der Waals surface area contributed by atoms with Gasteiger partial charge in [-0.2, -0.15) is 0 Å². The first-order valence-electron chi connectivity index (χ1n) is 8.12. The van der Waals surface area contributed by atoms with Crippen LogP contribution >= 0.6 is 0 Å². The van der Waals surface area contributed by atoms with Crippen LogP contribution in [0.2, 0.25) is 0 Å². The maximum atomic E-state index is 12.7. The quantitative estimate of drug-likeness (QED) is 0.877. The molecule has 0 aromatic heterocycles. The van der Waals surface area contributed by atoms with E-state index in [9.17, 15) is 9.59 Å². The molecule has 0 spiro atoms. The first-order valence-corrected chi connectivity index (χ1v) is 8.12. The molecule has 2 aromatic carbocycles. The van der Waals surface area contributed by atoms with Gasteiger partial charge in [-0.25, -0.2) is 0 Å². The second-order valence-corrected chi connectivity index (χ2v) is 5.88. The summed E-state index contributed by atoms with van der Waals surface area (Å²) < 4.78 is 5.71. The third-order valence-electron chi connectivity index (χ3n) is 4.07. The van der Waals surface area contributed by atoms with Crippen molar-refractivity contribution in [2.24, 2.45) is 0 Å². The lowest BCUT2D eigenvalue weighted by molar-refractivity contribution is -0.127. The van der Waals surface area contributed by atoms with E-state index in [0.717, 1.165) is 5.56 Å². The molecular weight excluding hydrogens is 316 g/mol. The number of ether oxygens (including phenoxy) is 1. The summed E-state index contributed by atoms with van der Waals surface area (Å²) in [4.78, 5) is 26.2. The summed E-state index contributed by atoms with van der Waals surface area (Å²) in [5.74, 6) is 0.0829. The van der Waals surface area contributed by atoms with E-state index in [1.54, 1.807) is 24.1 Å². The minimum atomic E-state index is -0.725. The van der Waals surface area contributed by atoms with E-state index in [-0.39, 0.29) is 18.4 Å². The lowest BCUT2D eigenvalue weighted by atomic mass is 10.1. The Balaban J connectivity index is 1.84. The molecule has 128 valence electrons. The fourth-order valence-corrected chi connectivity index (χ4v) is 2.68. The average molecular weight is 336 g/mol. The Morgan fingerprint density at radius 3 is 2.60 bits per heavy atom. The SMILES string of the molecule is CNC(=O)[C@@H]1CN(C(=O)/C=C/c2ccc(C)cc2)c2ccccc2O1. The van der Waals surface area contributed by atoms with Gasteiger partial charge in [-0.15, -0.1) is 0 Å². The number of benzene rings is 2. The minimum Gasteiger partial charge on any atom is -0.477 e. The number of anilines is 1. The summed E-state index contributed by atoms with van der Waals surface area (Å²) >= 11 is 0. The molecule has 2 amide bonds. The van der Waals surface area contributed by atoms with Crippen molar-refractivity contribution in [2.45, 2.75) is 13.0 Å². The molecule has 1 atom stereocenters. The second kappa shape index (κ2) is 7.21. The largest absolute Gasteiger partial charge is 0.477 e.